The van der Waals surface area contributed by atoms with Crippen LogP contribution in [-0.4, -0.2) is 42.6 Å². The van der Waals surface area contributed by atoms with E-state index in [1.165, 1.54) is 5.56 Å². The average molecular weight is 253 g/mol. The fraction of sp³-hybridized carbons (Fsp3) is 0.571. The molecular formula is C14H23NO3. The third kappa shape index (κ3) is 5.49. The van der Waals surface area contributed by atoms with Gasteiger partial charge in [-0.1, -0.05) is 12.1 Å². The molecule has 3 N–H and O–H groups in total. The maximum atomic E-state index is 9.22. The molecule has 1 aromatic rings. The van der Waals surface area contributed by atoms with E-state index >= 15 is 0 Å². The normalized spacial score (nSPS) is 14.2. The number of hydrogen-bond acceptors (Lipinski definition) is 4. The zero-order chi connectivity index (χ0) is 13.4. The first kappa shape index (κ1) is 15.0. The number of benzene rings is 1. The van der Waals surface area contributed by atoms with E-state index in [-0.39, 0.29) is 6.61 Å². The summed E-state index contributed by atoms with van der Waals surface area (Å²) in [4.78, 5) is 0. The Kier molecular flexibility index (Phi) is 6.72. The van der Waals surface area contributed by atoms with Crippen molar-refractivity contribution in [2.45, 2.75) is 31.9 Å². The zero-order valence-corrected chi connectivity index (χ0v) is 11.1. The third-order valence-corrected chi connectivity index (χ3v) is 2.94. The lowest BCUT2D eigenvalue weighted by molar-refractivity contribution is 0.0921. The first-order valence-electron chi connectivity index (χ1n) is 6.31. The lowest BCUT2D eigenvalue weighted by Gasteiger charge is -2.16. The minimum Gasteiger partial charge on any atom is -0.497 e. The molecule has 1 aromatic carbocycles. The maximum absolute atomic E-state index is 9.22. The van der Waals surface area contributed by atoms with E-state index < -0.39 is 6.10 Å². The molecule has 0 amide bonds. The molecule has 4 heteroatoms. The molecule has 1 rings (SSSR count). The van der Waals surface area contributed by atoms with Gasteiger partial charge >= 0.3 is 0 Å². The molecule has 0 spiro atoms. The molecule has 0 aromatic heterocycles. The van der Waals surface area contributed by atoms with Crippen LogP contribution in [0.2, 0.25) is 0 Å². The highest BCUT2D eigenvalue weighted by molar-refractivity contribution is 5.27. The highest BCUT2D eigenvalue weighted by atomic mass is 16.5. The summed E-state index contributed by atoms with van der Waals surface area (Å²) in [5.74, 6) is 0.871. The molecule has 0 radical (unpaired) electrons. The van der Waals surface area contributed by atoms with Gasteiger partial charge in [-0.15, -0.1) is 0 Å². The monoisotopic (exact) mass is 253 g/mol. The van der Waals surface area contributed by atoms with E-state index in [2.05, 4.69) is 24.4 Å². The van der Waals surface area contributed by atoms with E-state index in [4.69, 9.17) is 9.84 Å². The van der Waals surface area contributed by atoms with E-state index in [9.17, 15) is 5.11 Å². The van der Waals surface area contributed by atoms with Crippen LogP contribution in [0, 0.1) is 0 Å². The third-order valence-electron chi connectivity index (χ3n) is 2.94. The van der Waals surface area contributed by atoms with Gasteiger partial charge in [0.2, 0.25) is 0 Å². The lowest BCUT2D eigenvalue weighted by atomic mass is 10.1. The standard InChI is InChI=1S/C14H23NO3/c1-11(15-9-13(17)10-16)3-4-12-5-7-14(18-2)8-6-12/h5-8,11,13,15-17H,3-4,9-10H2,1-2H3. The van der Waals surface area contributed by atoms with Crippen molar-refractivity contribution < 1.29 is 14.9 Å². The second-order valence-corrected chi connectivity index (χ2v) is 4.53. The van der Waals surface area contributed by atoms with E-state index in [1.54, 1.807) is 7.11 Å². The molecule has 0 bridgehead atoms. The van der Waals surface area contributed by atoms with Crippen LogP contribution >= 0.6 is 0 Å². The van der Waals surface area contributed by atoms with Crippen LogP contribution in [0.15, 0.2) is 24.3 Å². The summed E-state index contributed by atoms with van der Waals surface area (Å²) in [5, 5.41) is 21.1. The van der Waals surface area contributed by atoms with Crippen LogP contribution in [0.25, 0.3) is 0 Å². The van der Waals surface area contributed by atoms with Crippen molar-refractivity contribution in [3.05, 3.63) is 29.8 Å². The van der Waals surface area contributed by atoms with Gasteiger partial charge in [-0.3, -0.25) is 0 Å². The molecule has 102 valence electrons. The van der Waals surface area contributed by atoms with Gasteiger partial charge in [0.05, 0.1) is 19.8 Å². The Morgan fingerprint density at radius 1 is 1.28 bits per heavy atom. The summed E-state index contributed by atoms with van der Waals surface area (Å²) >= 11 is 0. The second kappa shape index (κ2) is 8.08. The van der Waals surface area contributed by atoms with E-state index in [0.29, 0.717) is 12.6 Å². The quantitative estimate of drug-likeness (QED) is 0.646. The Morgan fingerprint density at radius 2 is 1.94 bits per heavy atom. The van der Waals surface area contributed by atoms with Crippen LogP contribution in [0.4, 0.5) is 0 Å². The molecule has 0 saturated heterocycles. The van der Waals surface area contributed by atoms with Crippen LogP contribution in [0.5, 0.6) is 5.75 Å². The fourth-order valence-corrected chi connectivity index (χ4v) is 1.68. The summed E-state index contributed by atoms with van der Waals surface area (Å²) in [6, 6.07) is 8.36. The Hall–Kier alpha value is -1.10. The van der Waals surface area contributed by atoms with Crippen LogP contribution in [0.1, 0.15) is 18.9 Å². The largest absolute Gasteiger partial charge is 0.497 e. The number of aliphatic hydroxyl groups is 2. The molecule has 0 heterocycles. The minimum atomic E-state index is -0.673. The molecule has 0 aliphatic carbocycles. The predicted molar refractivity (Wildman–Crippen MR) is 71.9 cm³/mol. The molecule has 0 aliphatic heterocycles. The van der Waals surface area contributed by atoms with Crippen LogP contribution in [0.3, 0.4) is 0 Å². The highest BCUT2D eigenvalue weighted by Crippen LogP contribution is 2.13. The number of hydrogen-bond donors (Lipinski definition) is 3. The molecule has 2 unspecified atom stereocenters. The highest BCUT2D eigenvalue weighted by Gasteiger charge is 2.06. The summed E-state index contributed by atoms with van der Waals surface area (Å²) < 4.78 is 5.11. The lowest BCUT2D eigenvalue weighted by Crippen LogP contribution is -2.35. The Morgan fingerprint density at radius 3 is 2.50 bits per heavy atom. The van der Waals surface area contributed by atoms with Crippen LogP contribution < -0.4 is 10.1 Å². The molecule has 0 fully saturated rings. The van der Waals surface area contributed by atoms with Crippen molar-refractivity contribution in [1.82, 2.24) is 5.32 Å². The number of aliphatic hydroxyl groups excluding tert-OH is 2. The molecule has 4 nitrogen and oxygen atoms in total. The summed E-state index contributed by atoms with van der Waals surface area (Å²) in [5.41, 5.74) is 1.27. The van der Waals surface area contributed by atoms with Crippen molar-refractivity contribution in [3.8, 4) is 5.75 Å². The van der Waals surface area contributed by atoms with Gasteiger partial charge in [-0.2, -0.15) is 0 Å². The van der Waals surface area contributed by atoms with Crippen molar-refractivity contribution >= 4 is 0 Å². The maximum Gasteiger partial charge on any atom is 0.118 e. The van der Waals surface area contributed by atoms with Gasteiger partial charge in [-0.25, -0.2) is 0 Å². The molecule has 18 heavy (non-hydrogen) atoms. The predicted octanol–water partition coefficient (Wildman–Crippen LogP) is 0.959. The Balaban J connectivity index is 2.26. The first-order chi connectivity index (χ1) is 8.65. The summed E-state index contributed by atoms with van der Waals surface area (Å²) in [7, 11) is 1.66. The SMILES string of the molecule is COc1ccc(CCC(C)NCC(O)CO)cc1. The van der Waals surface area contributed by atoms with Gasteiger partial charge in [0.25, 0.3) is 0 Å². The Labute approximate surface area is 109 Å². The molecule has 0 aliphatic rings. The average Bonchev–Trinajstić information content (AvgIpc) is 2.42. The zero-order valence-electron chi connectivity index (χ0n) is 11.1. The molecule has 2 atom stereocenters. The van der Waals surface area contributed by atoms with Gasteiger partial charge in [0.1, 0.15) is 5.75 Å². The van der Waals surface area contributed by atoms with Crippen LogP contribution in [-0.2, 0) is 6.42 Å². The van der Waals surface area contributed by atoms with Crippen molar-refractivity contribution in [1.29, 1.82) is 0 Å². The topological polar surface area (TPSA) is 61.7 Å². The van der Waals surface area contributed by atoms with Gasteiger partial charge in [-0.05, 0) is 37.5 Å². The van der Waals surface area contributed by atoms with E-state index in [0.717, 1.165) is 18.6 Å². The number of nitrogens with one attached hydrogen (secondary N) is 1. The van der Waals surface area contributed by atoms with E-state index in [1.807, 2.05) is 12.1 Å². The first-order valence-corrected chi connectivity index (χ1v) is 6.31. The van der Waals surface area contributed by atoms with Gasteiger partial charge in [0.15, 0.2) is 0 Å². The number of ether oxygens (including phenoxy) is 1. The number of rotatable bonds is 8. The molecular weight excluding hydrogens is 230 g/mol. The summed E-state index contributed by atoms with van der Waals surface area (Å²) in [6.45, 7) is 2.31. The van der Waals surface area contributed by atoms with Gasteiger partial charge in [0, 0.05) is 12.6 Å². The number of aryl methyl sites for hydroxylation is 1. The second-order valence-electron chi connectivity index (χ2n) is 4.53. The summed E-state index contributed by atoms with van der Waals surface area (Å²) in [6.07, 6.45) is 1.30. The Bertz CT molecular complexity index is 326. The molecule has 0 saturated carbocycles. The van der Waals surface area contributed by atoms with Crippen molar-refractivity contribution in [2.24, 2.45) is 0 Å². The van der Waals surface area contributed by atoms with Gasteiger partial charge < -0.3 is 20.3 Å². The van der Waals surface area contributed by atoms with Crippen molar-refractivity contribution in [3.63, 3.8) is 0 Å². The number of methoxy groups -OCH3 is 1. The smallest absolute Gasteiger partial charge is 0.118 e. The van der Waals surface area contributed by atoms with Crippen molar-refractivity contribution in [2.75, 3.05) is 20.3 Å². The fourth-order valence-electron chi connectivity index (χ4n) is 1.68. The minimum absolute atomic E-state index is 0.196.